The van der Waals surface area contributed by atoms with Crippen molar-refractivity contribution in [2.75, 3.05) is 7.11 Å². The molecule has 5 heteroatoms. The van der Waals surface area contributed by atoms with Crippen LogP contribution in [0.1, 0.15) is 17.2 Å². The average molecular weight is 295 g/mol. The molecule has 3 nitrogen and oxygen atoms in total. The number of methoxy groups -OCH3 is 1. The fourth-order valence-electron chi connectivity index (χ4n) is 2.13. The molecule has 0 fully saturated rings. The summed E-state index contributed by atoms with van der Waals surface area (Å²) in [6, 6.07) is 11.6. The van der Waals surface area contributed by atoms with Gasteiger partial charge in [-0.2, -0.15) is 0 Å². The smallest absolute Gasteiger partial charge is 0.123 e. The standard InChI is InChI=1S/C15H16ClFN2O/c1-20-15-5-3-2-4-12(15)14(19-18)9-10-8-11(17)6-7-13(10)16/h2-8,14,19H,9,18H2,1H3. The van der Waals surface area contributed by atoms with E-state index in [0.717, 1.165) is 11.3 Å². The van der Waals surface area contributed by atoms with E-state index in [1.54, 1.807) is 13.2 Å². The van der Waals surface area contributed by atoms with E-state index in [4.69, 9.17) is 22.2 Å². The molecule has 0 bridgehead atoms. The van der Waals surface area contributed by atoms with Gasteiger partial charge in [0.15, 0.2) is 0 Å². The van der Waals surface area contributed by atoms with Crippen LogP contribution in [0, 0.1) is 5.82 Å². The van der Waals surface area contributed by atoms with Gasteiger partial charge in [-0.05, 0) is 36.2 Å². The second-order valence-corrected chi connectivity index (χ2v) is 4.81. The molecule has 2 rings (SSSR count). The minimum absolute atomic E-state index is 0.217. The Morgan fingerprint density at radius 3 is 2.75 bits per heavy atom. The van der Waals surface area contributed by atoms with E-state index in [2.05, 4.69) is 5.43 Å². The number of nitrogens with two attached hydrogens (primary N) is 1. The molecular weight excluding hydrogens is 279 g/mol. The fourth-order valence-corrected chi connectivity index (χ4v) is 2.33. The third-order valence-corrected chi connectivity index (χ3v) is 3.52. The third-order valence-electron chi connectivity index (χ3n) is 3.15. The maximum absolute atomic E-state index is 13.3. The summed E-state index contributed by atoms with van der Waals surface area (Å²) >= 11 is 6.09. The highest BCUT2D eigenvalue weighted by atomic mass is 35.5. The van der Waals surface area contributed by atoms with Gasteiger partial charge in [0.1, 0.15) is 11.6 Å². The molecule has 0 aromatic heterocycles. The molecule has 2 aromatic carbocycles. The van der Waals surface area contributed by atoms with Gasteiger partial charge in [0, 0.05) is 10.6 Å². The zero-order valence-corrected chi connectivity index (χ0v) is 11.8. The second kappa shape index (κ2) is 6.70. The summed E-state index contributed by atoms with van der Waals surface area (Å²) in [5, 5.41) is 0.515. The number of para-hydroxylation sites is 1. The van der Waals surface area contributed by atoms with Crippen molar-refractivity contribution in [3.8, 4) is 5.75 Å². The molecule has 106 valence electrons. The van der Waals surface area contributed by atoms with E-state index in [9.17, 15) is 4.39 Å². The summed E-state index contributed by atoms with van der Waals surface area (Å²) in [4.78, 5) is 0. The first kappa shape index (κ1) is 14.8. The molecule has 1 atom stereocenters. The van der Waals surface area contributed by atoms with Crippen molar-refractivity contribution in [3.63, 3.8) is 0 Å². The van der Waals surface area contributed by atoms with E-state index in [1.807, 2.05) is 24.3 Å². The van der Waals surface area contributed by atoms with Crippen LogP contribution >= 0.6 is 11.6 Å². The first-order chi connectivity index (χ1) is 9.65. The quantitative estimate of drug-likeness (QED) is 0.657. The molecule has 2 aromatic rings. The Hall–Kier alpha value is -1.62. The minimum Gasteiger partial charge on any atom is -0.496 e. The molecule has 0 saturated carbocycles. The van der Waals surface area contributed by atoms with E-state index < -0.39 is 0 Å². The van der Waals surface area contributed by atoms with Crippen molar-refractivity contribution < 1.29 is 9.13 Å². The number of hydrazine groups is 1. The van der Waals surface area contributed by atoms with Crippen molar-refractivity contribution in [2.24, 2.45) is 5.84 Å². The van der Waals surface area contributed by atoms with Gasteiger partial charge in [-0.1, -0.05) is 29.8 Å². The highest BCUT2D eigenvalue weighted by molar-refractivity contribution is 6.31. The summed E-state index contributed by atoms with van der Waals surface area (Å²) in [7, 11) is 1.60. The summed E-state index contributed by atoms with van der Waals surface area (Å²) in [6.45, 7) is 0. The predicted molar refractivity (Wildman–Crippen MR) is 78.2 cm³/mol. The van der Waals surface area contributed by atoms with Gasteiger partial charge in [0.2, 0.25) is 0 Å². The third kappa shape index (κ3) is 3.28. The molecule has 0 aliphatic heterocycles. The molecule has 1 unspecified atom stereocenters. The number of ether oxygens (including phenoxy) is 1. The van der Waals surface area contributed by atoms with Crippen molar-refractivity contribution >= 4 is 11.6 Å². The molecule has 0 amide bonds. The van der Waals surface area contributed by atoms with Gasteiger partial charge in [0.05, 0.1) is 13.2 Å². The van der Waals surface area contributed by atoms with Gasteiger partial charge in [-0.3, -0.25) is 11.3 Å². The maximum atomic E-state index is 13.3. The van der Waals surface area contributed by atoms with Gasteiger partial charge in [-0.15, -0.1) is 0 Å². The van der Waals surface area contributed by atoms with Gasteiger partial charge < -0.3 is 4.74 Å². The molecule has 0 aliphatic rings. The highest BCUT2D eigenvalue weighted by Gasteiger charge is 2.16. The Kier molecular flexibility index (Phi) is 4.95. The summed E-state index contributed by atoms with van der Waals surface area (Å²) in [5.41, 5.74) is 4.32. The van der Waals surface area contributed by atoms with Crippen molar-refractivity contribution in [2.45, 2.75) is 12.5 Å². The number of hydrogen-bond acceptors (Lipinski definition) is 3. The highest BCUT2D eigenvalue weighted by Crippen LogP contribution is 2.29. The van der Waals surface area contributed by atoms with Gasteiger partial charge >= 0.3 is 0 Å². The molecule has 20 heavy (non-hydrogen) atoms. The van der Waals surface area contributed by atoms with E-state index >= 15 is 0 Å². The molecule has 3 N–H and O–H groups in total. The van der Waals surface area contributed by atoms with Crippen LogP contribution in [0.15, 0.2) is 42.5 Å². The molecule has 0 heterocycles. The van der Waals surface area contributed by atoms with Crippen LogP contribution in [0.2, 0.25) is 5.02 Å². The first-order valence-electron chi connectivity index (χ1n) is 6.18. The minimum atomic E-state index is -0.319. The van der Waals surface area contributed by atoms with E-state index in [0.29, 0.717) is 17.0 Å². The molecular formula is C15H16ClFN2O. The van der Waals surface area contributed by atoms with Crippen LogP contribution in [0.4, 0.5) is 4.39 Å². The van der Waals surface area contributed by atoms with Crippen LogP contribution in [-0.2, 0) is 6.42 Å². The average Bonchev–Trinajstić information content (AvgIpc) is 2.48. The topological polar surface area (TPSA) is 47.3 Å². The van der Waals surface area contributed by atoms with Crippen LogP contribution in [-0.4, -0.2) is 7.11 Å². The zero-order chi connectivity index (χ0) is 14.5. The Balaban J connectivity index is 2.31. The number of nitrogens with one attached hydrogen (secondary N) is 1. The Bertz CT molecular complexity index is 592. The molecule has 0 aliphatic carbocycles. The lowest BCUT2D eigenvalue weighted by molar-refractivity contribution is 0.399. The first-order valence-corrected chi connectivity index (χ1v) is 6.56. The molecule has 0 spiro atoms. The van der Waals surface area contributed by atoms with Crippen molar-refractivity contribution in [1.29, 1.82) is 0 Å². The van der Waals surface area contributed by atoms with Crippen LogP contribution in [0.3, 0.4) is 0 Å². The van der Waals surface area contributed by atoms with Crippen LogP contribution in [0.5, 0.6) is 5.75 Å². The maximum Gasteiger partial charge on any atom is 0.123 e. The fraction of sp³-hybridized carbons (Fsp3) is 0.200. The monoisotopic (exact) mass is 294 g/mol. The lowest BCUT2D eigenvalue weighted by Crippen LogP contribution is -2.30. The van der Waals surface area contributed by atoms with E-state index in [1.165, 1.54) is 12.1 Å². The number of rotatable bonds is 5. The molecule has 0 saturated heterocycles. The van der Waals surface area contributed by atoms with Gasteiger partial charge in [-0.25, -0.2) is 4.39 Å². The normalized spacial score (nSPS) is 12.2. The number of benzene rings is 2. The lowest BCUT2D eigenvalue weighted by atomic mass is 9.98. The SMILES string of the molecule is COc1ccccc1C(Cc1cc(F)ccc1Cl)NN. The van der Waals surface area contributed by atoms with Gasteiger partial charge in [0.25, 0.3) is 0 Å². The molecule has 0 radical (unpaired) electrons. The Morgan fingerprint density at radius 1 is 1.30 bits per heavy atom. The summed E-state index contributed by atoms with van der Waals surface area (Å²) in [6.07, 6.45) is 0.466. The van der Waals surface area contributed by atoms with Crippen LogP contribution < -0.4 is 16.0 Å². The zero-order valence-electron chi connectivity index (χ0n) is 11.1. The number of hydrogen-bond donors (Lipinski definition) is 2. The Morgan fingerprint density at radius 2 is 2.05 bits per heavy atom. The Labute approximate surface area is 122 Å². The van der Waals surface area contributed by atoms with E-state index in [-0.39, 0.29) is 11.9 Å². The number of halogens is 2. The summed E-state index contributed by atoms with van der Waals surface area (Å²) < 4.78 is 18.6. The largest absolute Gasteiger partial charge is 0.496 e. The summed E-state index contributed by atoms with van der Waals surface area (Å²) in [5.74, 6) is 6.03. The second-order valence-electron chi connectivity index (χ2n) is 4.40. The van der Waals surface area contributed by atoms with Crippen molar-refractivity contribution in [3.05, 3.63) is 64.4 Å². The predicted octanol–water partition coefficient (Wildman–Crippen LogP) is 3.23. The van der Waals surface area contributed by atoms with Crippen molar-refractivity contribution in [1.82, 2.24) is 5.43 Å². The lowest BCUT2D eigenvalue weighted by Gasteiger charge is -2.19. The van der Waals surface area contributed by atoms with Crippen LogP contribution in [0.25, 0.3) is 0 Å².